The fourth-order valence-electron chi connectivity index (χ4n) is 6.56. The van der Waals surface area contributed by atoms with Gasteiger partial charge >= 0.3 is 23.9 Å². The summed E-state index contributed by atoms with van der Waals surface area (Å²) in [4.78, 5) is 117. The van der Waals surface area contributed by atoms with Gasteiger partial charge < -0.3 is 70.8 Å². The van der Waals surface area contributed by atoms with E-state index in [2.05, 4.69) is 26.6 Å². The van der Waals surface area contributed by atoms with Crippen molar-refractivity contribution in [1.82, 2.24) is 26.6 Å². The van der Waals surface area contributed by atoms with Gasteiger partial charge in [0.1, 0.15) is 37.1 Å². The Balaban J connectivity index is 3.85. The molecule has 69 heavy (non-hydrogen) atoms. The quantitative estimate of drug-likeness (QED) is 0.0395. The van der Waals surface area contributed by atoms with Crippen LogP contribution in [0.1, 0.15) is 148 Å². The molecule has 9 N–H and O–H groups in total. The van der Waals surface area contributed by atoms with Crippen molar-refractivity contribution < 1.29 is 87.3 Å². The Labute approximate surface area is 404 Å². The first-order valence-corrected chi connectivity index (χ1v) is 24.1. The summed E-state index contributed by atoms with van der Waals surface area (Å²) in [5.74, 6) is -7.60. The second-order valence-corrected chi connectivity index (χ2v) is 16.6. The van der Waals surface area contributed by atoms with Gasteiger partial charge in [0.05, 0.1) is 39.6 Å². The van der Waals surface area contributed by atoms with Gasteiger partial charge in [-0.2, -0.15) is 0 Å². The van der Waals surface area contributed by atoms with Gasteiger partial charge in [0.25, 0.3) is 0 Å². The zero-order chi connectivity index (χ0) is 51.5. The maximum atomic E-state index is 12.3. The molecule has 3 atom stereocenters. The average molecular weight is 990 g/mol. The highest BCUT2D eigenvalue weighted by Gasteiger charge is 2.25. The molecule has 0 radical (unpaired) electrons. The van der Waals surface area contributed by atoms with E-state index in [1.165, 1.54) is 39.0 Å². The van der Waals surface area contributed by atoms with Gasteiger partial charge in [0.15, 0.2) is 0 Å². The highest BCUT2D eigenvalue weighted by molar-refractivity contribution is 5.87. The van der Waals surface area contributed by atoms with Crippen molar-refractivity contribution in [3.05, 3.63) is 0 Å². The number of ketones is 1. The Morgan fingerprint density at radius 2 is 0.696 bits per heavy atom. The summed E-state index contributed by atoms with van der Waals surface area (Å²) in [7, 11) is 0. The number of carboxylic acid groups (broad SMARTS) is 4. The lowest BCUT2D eigenvalue weighted by molar-refractivity contribution is -0.144. The van der Waals surface area contributed by atoms with Gasteiger partial charge in [0, 0.05) is 45.2 Å². The number of Topliss-reactive ketones (excluding diaryl/α,β-unsaturated/α-hetero) is 1. The van der Waals surface area contributed by atoms with E-state index in [0.717, 1.165) is 51.4 Å². The molecule has 0 saturated carbocycles. The first kappa shape index (κ1) is 63.7. The second-order valence-electron chi connectivity index (χ2n) is 16.6. The van der Waals surface area contributed by atoms with Crippen LogP contribution in [0.5, 0.6) is 0 Å². The molecule has 0 aliphatic heterocycles. The zero-order valence-corrected chi connectivity index (χ0v) is 40.4. The van der Waals surface area contributed by atoms with E-state index in [4.69, 9.17) is 24.1 Å². The molecule has 0 heterocycles. The maximum absolute atomic E-state index is 12.3. The van der Waals surface area contributed by atoms with Crippen molar-refractivity contribution in [2.45, 2.75) is 166 Å². The number of nitrogens with one attached hydrogen (secondary N) is 5. The van der Waals surface area contributed by atoms with Gasteiger partial charge in [0.2, 0.25) is 29.5 Å². The van der Waals surface area contributed by atoms with Crippen molar-refractivity contribution in [3.63, 3.8) is 0 Å². The number of unbranched alkanes of at least 4 members (excludes halogenated alkanes) is 13. The topological polar surface area (TPSA) is 349 Å². The molecule has 396 valence electrons. The minimum atomic E-state index is -1.44. The van der Waals surface area contributed by atoms with Crippen LogP contribution in [0.15, 0.2) is 0 Å². The van der Waals surface area contributed by atoms with Crippen molar-refractivity contribution in [2.75, 3.05) is 65.9 Å². The Kier molecular flexibility index (Phi) is 39.5. The minimum Gasteiger partial charge on any atom is -0.481 e. The number of carbonyl (C=O) groups is 10. The molecule has 0 aromatic rings. The van der Waals surface area contributed by atoms with Crippen LogP contribution in [0, 0.1) is 0 Å². The number of carbonyl (C=O) groups excluding carboxylic acids is 6. The van der Waals surface area contributed by atoms with Crippen LogP contribution in [-0.2, 0) is 66.9 Å². The number of hydrogen-bond donors (Lipinski definition) is 9. The highest BCUT2D eigenvalue weighted by Crippen LogP contribution is 2.14. The summed E-state index contributed by atoms with van der Waals surface area (Å²) in [6.07, 6.45) is 14.3. The molecule has 0 spiro atoms. The van der Waals surface area contributed by atoms with E-state index >= 15 is 0 Å². The smallest absolute Gasteiger partial charge is 0.326 e. The molecule has 0 fully saturated rings. The number of rotatable bonds is 48. The van der Waals surface area contributed by atoms with Crippen LogP contribution >= 0.6 is 0 Å². The molecule has 0 aliphatic carbocycles. The van der Waals surface area contributed by atoms with Crippen molar-refractivity contribution in [2.24, 2.45) is 0 Å². The summed E-state index contributed by atoms with van der Waals surface area (Å²) in [6, 6.07) is -3.92. The number of ether oxygens (including phenoxy) is 4. The third-order valence-corrected chi connectivity index (χ3v) is 10.4. The number of hydrogen-bond acceptors (Lipinski definition) is 14. The van der Waals surface area contributed by atoms with E-state index < -0.39 is 72.8 Å². The van der Waals surface area contributed by atoms with Crippen LogP contribution in [0.25, 0.3) is 0 Å². The van der Waals surface area contributed by atoms with Crippen LogP contribution in [0.3, 0.4) is 0 Å². The molecule has 5 amide bonds. The largest absolute Gasteiger partial charge is 0.481 e. The first-order chi connectivity index (χ1) is 33.0. The molecule has 0 aliphatic rings. The van der Waals surface area contributed by atoms with Gasteiger partial charge in [-0.25, -0.2) is 14.4 Å². The predicted molar refractivity (Wildman–Crippen MR) is 248 cm³/mol. The van der Waals surface area contributed by atoms with Crippen LogP contribution < -0.4 is 26.6 Å². The lowest BCUT2D eigenvalue weighted by Crippen LogP contribution is -2.45. The third kappa shape index (κ3) is 41.4. The van der Waals surface area contributed by atoms with Crippen molar-refractivity contribution in [3.8, 4) is 0 Å². The molecular weight excluding hydrogens is 911 g/mol. The van der Waals surface area contributed by atoms with Crippen molar-refractivity contribution >= 4 is 59.2 Å². The monoisotopic (exact) mass is 990 g/mol. The summed E-state index contributed by atoms with van der Waals surface area (Å²) >= 11 is 0. The number of carboxylic acids is 4. The fraction of sp³-hybridized carbons (Fsp3) is 0.783. The number of amides is 5. The zero-order valence-electron chi connectivity index (χ0n) is 40.4. The molecule has 23 nitrogen and oxygen atoms in total. The molecule has 0 saturated heterocycles. The molecule has 1 unspecified atom stereocenters. The van der Waals surface area contributed by atoms with E-state index in [1.54, 1.807) is 0 Å². The van der Waals surface area contributed by atoms with E-state index in [1.807, 2.05) is 0 Å². The molecular formula is C46H79N5O18. The normalized spacial score (nSPS) is 12.2. The lowest BCUT2D eigenvalue weighted by atomic mass is 10.0. The van der Waals surface area contributed by atoms with Crippen molar-refractivity contribution in [1.29, 1.82) is 0 Å². The molecule has 0 aromatic heterocycles. The van der Waals surface area contributed by atoms with Gasteiger partial charge in [-0.1, -0.05) is 77.0 Å². The predicted octanol–water partition coefficient (Wildman–Crippen LogP) is 2.25. The Morgan fingerprint density at radius 1 is 0.362 bits per heavy atom. The summed E-state index contributed by atoms with van der Waals surface area (Å²) in [5, 5.41) is 49.0. The fourth-order valence-corrected chi connectivity index (χ4v) is 6.56. The molecule has 0 aromatic carbocycles. The number of aliphatic carboxylic acids is 4. The summed E-state index contributed by atoms with van der Waals surface area (Å²) in [5.41, 5.74) is 0. The Bertz CT molecular complexity index is 1530. The van der Waals surface area contributed by atoms with Gasteiger partial charge in [-0.15, -0.1) is 0 Å². The third-order valence-electron chi connectivity index (χ3n) is 10.4. The van der Waals surface area contributed by atoms with Crippen LogP contribution in [-0.4, -0.2) is 164 Å². The van der Waals surface area contributed by atoms with Gasteiger partial charge in [-0.05, 0) is 39.0 Å². The molecule has 0 bridgehead atoms. The van der Waals surface area contributed by atoms with E-state index in [9.17, 15) is 63.3 Å². The summed E-state index contributed by atoms with van der Waals surface area (Å²) < 4.78 is 21.1. The highest BCUT2D eigenvalue weighted by atomic mass is 16.5. The summed E-state index contributed by atoms with van der Waals surface area (Å²) in [6.45, 7) is 1.42. The Hall–Kier alpha value is -5.26. The van der Waals surface area contributed by atoms with E-state index in [-0.39, 0.29) is 122 Å². The first-order valence-electron chi connectivity index (χ1n) is 24.1. The Morgan fingerprint density at radius 3 is 1.12 bits per heavy atom. The van der Waals surface area contributed by atoms with Crippen LogP contribution in [0.2, 0.25) is 0 Å². The molecule has 23 heteroatoms. The van der Waals surface area contributed by atoms with Gasteiger partial charge in [-0.3, -0.25) is 28.8 Å². The average Bonchev–Trinajstić information content (AvgIpc) is 3.28. The van der Waals surface area contributed by atoms with Crippen LogP contribution in [0.4, 0.5) is 0 Å². The maximum Gasteiger partial charge on any atom is 0.326 e. The second kappa shape index (κ2) is 42.8. The lowest BCUT2D eigenvalue weighted by Gasteiger charge is -2.16. The van der Waals surface area contributed by atoms with E-state index in [0.29, 0.717) is 6.42 Å². The molecule has 0 rings (SSSR count). The standard InChI is InChI=1S/C46H79N5O18/c1-34(52)18-19-35(44(60)61)50-40(55)23-21-37(46(64)65)51-42(57)33-69-31-29-67-27-25-48-41(56)32-68-30-28-66-26-24-47-38(53)22-20-36(45(62)63)49-39(54)16-14-12-10-8-6-4-2-3-5-7-9-11-13-15-17-43(58)59/h35-37H,2-33H2,1H3,(H,47,53)(H,48,56)(H,49,54)(H,50,55)(H,51,57)(H,58,59)(H,60,61)(H,62,63)(H,64,65)/t35-,36?,37-/m0/s1. The SMILES string of the molecule is CC(=O)CC[C@H](NC(=O)CC[C@H](NC(=O)COCCOCCNC(=O)COCCOCCNC(=O)CCC(NC(=O)CCCCCCCCCCCCCCCCC(=O)O)C(=O)O)C(=O)O)C(=O)O. The minimum absolute atomic E-state index is 0.0246.